The van der Waals surface area contributed by atoms with Crippen LogP contribution in [0.2, 0.25) is 5.02 Å². The first-order chi connectivity index (χ1) is 17.0. The van der Waals surface area contributed by atoms with Crippen molar-refractivity contribution in [1.82, 2.24) is 10.2 Å². The van der Waals surface area contributed by atoms with Gasteiger partial charge in [-0.25, -0.2) is 0 Å². The summed E-state index contributed by atoms with van der Waals surface area (Å²) in [4.78, 5) is 28.5. The molecule has 0 saturated heterocycles. The van der Waals surface area contributed by atoms with Gasteiger partial charge in [0.1, 0.15) is 11.8 Å². The van der Waals surface area contributed by atoms with E-state index in [1.807, 2.05) is 54.6 Å². The van der Waals surface area contributed by atoms with Crippen molar-refractivity contribution >= 4 is 39.3 Å². The number of hydrogen-bond acceptors (Lipinski definition) is 3. The number of hydrogen-bond donors (Lipinski definition) is 1. The lowest BCUT2D eigenvalue weighted by molar-refractivity contribution is -0.142. The predicted molar refractivity (Wildman–Crippen MR) is 143 cm³/mol. The second-order valence-corrected chi connectivity index (χ2v) is 9.60. The predicted octanol–water partition coefficient (Wildman–Crippen LogP) is 6.04. The number of rotatable bonds is 12. The Bertz CT molecular complexity index is 1090. The number of amides is 2. The summed E-state index contributed by atoms with van der Waals surface area (Å²) in [6, 6.07) is 23.7. The lowest BCUT2D eigenvalue weighted by Crippen LogP contribution is -2.51. The first-order valence-electron chi connectivity index (χ1n) is 11.7. The van der Waals surface area contributed by atoms with Crippen LogP contribution in [0.25, 0.3) is 0 Å². The third-order valence-corrected chi connectivity index (χ3v) is 6.26. The summed E-state index contributed by atoms with van der Waals surface area (Å²) >= 11 is 9.45. The molecule has 0 aliphatic rings. The van der Waals surface area contributed by atoms with Gasteiger partial charge >= 0.3 is 0 Å². The first-order valence-corrected chi connectivity index (χ1v) is 12.9. The summed E-state index contributed by atoms with van der Waals surface area (Å²) in [6.45, 7) is 2.73. The van der Waals surface area contributed by atoms with Gasteiger partial charge in [0.05, 0.1) is 0 Å². The highest BCUT2D eigenvalue weighted by Gasteiger charge is 2.30. The highest BCUT2D eigenvalue weighted by molar-refractivity contribution is 9.10. The van der Waals surface area contributed by atoms with Crippen molar-refractivity contribution in [3.63, 3.8) is 0 Å². The van der Waals surface area contributed by atoms with E-state index in [0.29, 0.717) is 23.7 Å². The van der Waals surface area contributed by atoms with Crippen molar-refractivity contribution in [2.45, 2.75) is 38.8 Å². The number of carbonyl (C=O) groups is 2. The van der Waals surface area contributed by atoms with E-state index >= 15 is 0 Å². The summed E-state index contributed by atoms with van der Waals surface area (Å²) in [6.07, 6.45) is 2.25. The third-order valence-electron chi connectivity index (χ3n) is 5.52. The largest absolute Gasteiger partial charge is 0.484 e. The summed E-state index contributed by atoms with van der Waals surface area (Å²) < 4.78 is 6.66. The molecule has 1 N–H and O–H groups in total. The van der Waals surface area contributed by atoms with Crippen LogP contribution in [0.3, 0.4) is 0 Å². The zero-order valence-electron chi connectivity index (χ0n) is 19.8. The lowest BCUT2D eigenvalue weighted by Gasteiger charge is -2.31. The highest BCUT2D eigenvalue weighted by atomic mass is 79.9. The Balaban J connectivity index is 1.87. The molecule has 3 aromatic rings. The van der Waals surface area contributed by atoms with Crippen LogP contribution >= 0.6 is 27.5 Å². The molecule has 0 heterocycles. The molecule has 0 aliphatic carbocycles. The molecule has 7 heteroatoms. The number of carbonyl (C=O) groups excluding carboxylic acids is 2. The van der Waals surface area contributed by atoms with Gasteiger partial charge in [0, 0.05) is 29.0 Å². The molecule has 0 bridgehead atoms. The molecule has 1 atom stereocenters. The second kappa shape index (κ2) is 13.9. The molecular formula is C28H30BrClN2O3. The monoisotopic (exact) mass is 556 g/mol. The van der Waals surface area contributed by atoms with Gasteiger partial charge in [-0.15, -0.1) is 0 Å². The fraction of sp³-hybridized carbons (Fsp3) is 0.286. The van der Waals surface area contributed by atoms with Crippen molar-refractivity contribution < 1.29 is 14.3 Å². The second-order valence-electron chi connectivity index (χ2n) is 8.24. The third kappa shape index (κ3) is 8.71. The molecule has 1 unspecified atom stereocenters. The van der Waals surface area contributed by atoms with E-state index in [1.54, 1.807) is 29.2 Å². The Morgan fingerprint density at radius 2 is 1.71 bits per heavy atom. The molecule has 35 heavy (non-hydrogen) atoms. The molecule has 184 valence electrons. The molecule has 0 aromatic heterocycles. The molecule has 0 saturated carbocycles. The maximum Gasteiger partial charge on any atom is 0.261 e. The van der Waals surface area contributed by atoms with Crippen LogP contribution in [0.1, 0.15) is 30.9 Å². The Labute approximate surface area is 220 Å². The van der Waals surface area contributed by atoms with E-state index in [1.165, 1.54) is 0 Å². The molecule has 3 rings (SSSR count). The molecule has 0 fully saturated rings. The van der Waals surface area contributed by atoms with Gasteiger partial charge in [0.2, 0.25) is 5.91 Å². The molecule has 0 radical (unpaired) electrons. The van der Waals surface area contributed by atoms with Gasteiger partial charge in [0.15, 0.2) is 6.61 Å². The summed E-state index contributed by atoms with van der Waals surface area (Å²) in [7, 11) is 0. The van der Waals surface area contributed by atoms with Crippen molar-refractivity contribution in [2.24, 2.45) is 0 Å². The molecule has 0 spiro atoms. The van der Waals surface area contributed by atoms with Crippen LogP contribution in [-0.4, -0.2) is 35.9 Å². The van der Waals surface area contributed by atoms with Gasteiger partial charge in [-0.3, -0.25) is 9.59 Å². The SMILES string of the molecule is CCCCNC(=O)C(Cc1ccccc1)N(Cc1cccc(Br)c1)C(=O)COc1ccc(Cl)cc1. The zero-order valence-corrected chi connectivity index (χ0v) is 22.1. The number of nitrogens with zero attached hydrogens (tertiary/aromatic N) is 1. The normalized spacial score (nSPS) is 11.5. The van der Waals surface area contributed by atoms with Gasteiger partial charge < -0.3 is 15.0 Å². The van der Waals surface area contributed by atoms with Crippen LogP contribution in [0.4, 0.5) is 0 Å². The fourth-order valence-corrected chi connectivity index (χ4v) is 4.22. The van der Waals surface area contributed by atoms with Gasteiger partial charge in [-0.1, -0.05) is 83.3 Å². The number of unbranched alkanes of at least 4 members (excludes halogenated alkanes) is 1. The Kier molecular flexibility index (Phi) is 10.6. The summed E-state index contributed by atoms with van der Waals surface area (Å²) in [5.41, 5.74) is 1.90. The number of nitrogens with one attached hydrogen (secondary N) is 1. The molecule has 0 aliphatic heterocycles. The molecule has 5 nitrogen and oxygen atoms in total. The fourth-order valence-electron chi connectivity index (χ4n) is 3.65. The van der Waals surface area contributed by atoms with E-state index in [9.17, 15) is 9.59 Å². The average Bonchev–Trinajstić information content (AvgIpc) is 2.86. The van der Waals surface area contributed by atoms with E-state index in [2.05, 4.69) is 28.2 Å². The van der Waals surface area contributed by atoms with Crippen LogP contribution in [0.15, 0.2) is 83.3 Å². The highest BCUT2D eigenvalue weighted by Crippen LogP contribution is 2.19. The van der Waals surface area contributed by atoms with E-state index < -0.39 is 6.04 Å². The van der Waals surface area contributed by atoms with Gasteiger partial charge in [0.25, 0.3) is 5.91 Å². The Morgan fingerprint density at radius 1 is 1.00 bits per heavy atom. The van der Waals surface area contributed by atoms with Gasteiger partial charge in [-0.2, -0.15) is 0 Å². The maximum atomic E-state index is 13.5. The maximum absolute atomic E-state index is 13.5. The Morgan fingerprint density at radius 3 is 2.40 bits per heavy atom. The lowest BCUT2D eigenvalue weighted by atomic mass is 10.0. The van der Waals surface area contributed by atoms with Gasteiger partial charge in [-0.05, 0) is 53.9 Å². The topological polar surface area (TPSA) is 58.6 Å². The molecule has 3 aromatic carbocycles. The standard InChI is InChI=1S/C28H30BrClN2O3/c1-2-3-16-31-28(34)26(18-21-8-5-4-6-9-21)32(19-22-10-7-11-23(29)17-22)27(33)20-35-25-14-12-24(30)13-15-25/h4-15,17,26H,2-3,16,18-20H2,1H3,(H,31,34). The van der Waals surface area contributed by atoms with E-state index in [4.69, 9.17) is 16.3 Å². The van der Waals surface area contributed by atoms with Crippen LogP contribution in [-0.2, 0) is 22.6 Å². The van der Waals surface area contributed by atoms with Crippen molar-refractivity contribution in [1.29, 1.82) is 0 Å². The summed E-state index contributed by atoms with van der Waals surface area (Å²) in [5.74, 6) is 0.0980. The average molecular weight is 558 g/mol. The minimum Gasteiger partial charge on any atom is -0.484 e. The Hall–Kier alpha value is -2.83. The molecule has 2 amide bonds. The van der Waals surface area contributed by atoms with Crippen molar-refractivity contribution in [3.05, 3.63) is 99.5 Å². The smallest absolute Gasteiger partial charge is 0.261 e. The van der Waals surface area contributed by atoms with Crippen molar-refractivity contribution in [2.75, 3.05) is 13.2 Å². The van der Waals surface area contributed by atoms with Crippen LogP contribution in [0.5, 0.6) is 5.75 Å². The summed E-state index contributed by atoms with van der Waals surface area (Å²) in [5, 5.41) is 3.61. The van der Waals surface area contributed by atoms with Crippen LogP contribution < -0.4 is 10.1 Å². The minimum atomic E-state index is -0.686. The van der Waals surface area contributed by atoms with E-state index in [0.717, 1.165) is 28.4 Å². The zero-order chi connectivity index (χ0) is 25.0. The number of benzene rings is 3. The molecular weight excluding hydrogens is 528 g/mol. The number of halogens is 2. The quantitative estimate of drug-likeness (QED) is 0.276. The van der Waals surface area contributed by atoms with Crippen LogP contribution in [0, 0.1) is 0 Å². The van der Waals surface area contributed by atoms with E-state index in [-0.39, 0.29) is 25.0 Å². The first kappa shape index (κ1) is 26.8. The number of ether oxygens (including phenoxy) is 1. The van der Waals surface area contributed by atoms with Crippen molar-refractivity contribution in [3.8, 4) is 5.75 Å². The minimum absolute atomic E-state index is 0.169.